The maximum atomic E-state index is 13.8. The number of halogens is 2. The molecule has 1 aliphatic heterocycles. The highest BCUT2D eigenvalue weighted by molar-refractivity contribution is 6.31. The first-order valence-corrected chi connectivity index (χ1v) is 8.97. The number of hydrogen-bond donors (Lipinski definition) is 1. The zero-order chi connectivity index (χ0) is 19.4. The molecule has 2 unspecified atom stereocenters. The van der Waals surface area contributed by atoms with Crippen molar-refractivity contribution in [3.05, 3.63) is 58.4 Å². The number of esters is 1. The third kappa shape index (κ3) is 4.70. The van der Waals surface area contributed by atoms with E-state index in [1.807, 2.05) is 0 Å². The number of fused-ring (bicyclic) bond motifs is 1. The van der Waals surface area contributed by atoms with Gasteiger partial charge in [0.2, 0.25) is 0 Å². The number of aliphatic hydroxyl groups excluding tert-OH is 1. The molecule has 2 aromatic carbocycles. The summed E-state index contributed by atoms with van der Waals surface area (Å²) in [5, 5.41) is 10.7. The Morgan fingerprint density at radius 1 is 1.37 bits per heavy atom. The molecule has 0 spiro atoms. The summed E-state index contributed by atoms with van der Waals surface area (Å²) in [5.41, 5.74) is 0.873. The van der Waals surface area contributed by atoms with Crippen LogP contribution in [-0.2, 0) is 16.1 Å². The number of ether oxygens (including phenoxy) is 3. The normalized spacial score (nSPS) is 18.4. The molecular weight excluding hydrogens is 375 g/mol. The monoisotopic (exact) mass is 394 g/mol. The highest BCUT2D eigenvalue weighted by Crippen LogP contribution is 2.38. The molecule has 0 radical (unpaired) electrons. The summed E-state index contributed by atoms with van der Waals surface area (Å²) >= 11 is 6.00. The van der Waals surface area contributed by atoms with Gasteiger partial charge in [0.15, 0.2) is 0 Å². The molecule has 1 heterocycles. The SMILES string of the molecule is COC(=O)CCC1CC(O)c2cc(OCc3c(F)cccc3Cl)ccc2O1. The van der Waals surface area contributed by atoms with E-state index in [9.17, 15) is 14.3 Å². The second-order valence-corrected chi connectivity index (χ2v) is 6.70. The first kappa shape index (κ1) is 19.5. The number of aliphatic hydroxyl groups is 1. The molecule has 27 heavy (non-hydrogen) atoms. The lowest BCUT2D eigenvalue weighted by Crippen LogP contribution is -2.26. The van der Waals surface area contributed by atoms with E-state index in [0.717, 1.165) is 0 Å². The van der Waals surface area contributed by atoms with Gasteiger partial charge in [0, 0.05) is 24.0 Å². The first-order chi connectivity index (χ1) is 13.0. The average Bonchev–Trinajstić information content (AvgIpc) is 2.66. The molecule has 1 N–H and O–H groups in total. The zero-order valence-electron chi connectivity index (χ0n) is 14.8. The van der Waals surface area contributed by atoms with Gasteiger partial charge in [-0.1, -0.05) is 17.7 Å². The van der Waals surface area contributed by atoms with Crippen LogP contribution in [0.25, 0.3) is 0 Å². The van der Waals surface area contributed by atoms with Gasteiger partial charge in [-0.2, -0.15) is 0 Å². The van der Waals surface area contributed by atoms with Gasteiger partial charge in [-0.3, -0.25) is 4.79 Å². The number of carbonyl (C=O) groups is 1. The summed E-state index contributed by atoms with van der Waals surface area (Å²) in [6.45, 7) is -0.0248. The summed E-state index contributed by atoms with van der Waals surface area (Å²) in [5.74, 6) is 0.273. The lowest BCUT2D eigenvalue weighted by Gasteiger charge is -2.29. The predicted molar refractivity (Wildman–Crippen MR) is 97.4 cm³/mol. The standard InChI is InChI=1S/C20H20ClFO5/c1-25-20(24)8-6-13-10-18(23)14-9-12(5-7-19(14)27-13)26-11-15-16(21)3-2-4-17(15)22/h2-5,7,9,13,18,23H,6,8,10-11H2,1H3. The molecule has 7 heteroatoms. The molecule has 5 nitrogen and oxygen atoms in total. The van der Waals surface area contributed by atoms with Crippen LogP contribution in [0.5, 0.6) is 11.5 Å². The Morgan fingerprint density at radius 2 is 2.19 bits per heavy atom. The van der Waals surface area contributed by atoms with Crippen LogP contribution in [0.1, 0.15) is 36.5 Å². The molecule has 0 fully saturated rings. The Hall–Kier alpha value is -2.31. The summed E-state index contributed by atoms with van der Waals surface area (Å²) in [6, 6.07) is 9.51. The van der Waals surface area contributed by atoms with Crippen molar-refractivity contribution in [2.75, 3.05) is 7.11 Å². The van der Waals surface area contributed by atoms with E-state index < -0.39 is 11.9 Å². The van der Waals surface area contributed by atoms with Crippen molar-refractivity contribution in [2.45, 2.75) is 38.1 Å². The molecule has 0 amide bonds. The fraction of sp³-hybridized carbons (Fsp3) is 0.350. The van der Waals surface area contributed by atoms with E-state index in [2.05, 4.69) is 4.74 Å². The lowest BCUT2D eigenvalue weighted by molar-refractivity contribution is -0.141. The van der Waals surface area contributed by atoms with Crippen LogP contribution in [0, 0.1) is 5.82 Å². The fourth-order valence-electron chi connectivity index (χ4n) is 2.97. The number of methoxy groups -OCH3 is 1. The minimum Gasteiger partial charge on any atom is -0.490 e. The summed E-state index contributed by atoms with van der Waals surface area (Å²) in [4.78, 5) is 11.3. The topological polar surface area (TPSA) is 65.0 Å². The third-order valence-corrected chi connectivity index (χ3v) is 4.82. The van der Waals surface area contributed by atoms with Gasteiger partial charge in [0.05, 0.1) is 18.2 Å². The highest BCUT2D eigenvalue weighted by Gasteiger charge is 2.28. The number of hydrogen-bond acceptors (Lipinski definition) is 5. The Bertz CT molecular complexity index is 806. The van der Waals surface area contributed by atoms with E-state index >= 15 is 0 Å². The van der Waals surface area contributed by atoms with Crippen molar-refractivity contribution in [3.63, 3.8) is 0 Å². The minimum atomic E-state index is -0.739. The van der Waals surface area contributed by atoms with Gasteiger partial charge in [-0.15, -0.1) is 0 Å². The molecule has 2 atom stereocenters. The van der Waals surface area contributed by atoms with Gasteiger partial charge in [0.25, 0.3) is 0 Å². The summed E-state index contributed by atoms with van der Waals surface area (Å²) < 4.78 is 29.9. The van der Waals surface area contributed by atoms with E-state index in [-0.39, 0.29) is 30.7 Å². The van der Waals surface area contributed by atoms with Crippen molar-refractivity contribution >= 4 is 17.6 Å². The molecule has 0 saturated heterocycles. The van der Waals surface area contributed by atoms with Gasteiger partial charge in [-0.05, 0) is 36.8 Å². The maximum absolute atomic E-state index is 13.8. The molecule has 0 bridgehead atoms. The zero-order valence-corrected chi connectivity index (χ0v) is 15.5. The van der Waals surface area contributed by atoms with Crippen LogP contribution in [0.4, 0.5) is 4.39 Å². The van der Waals surface area contributed by atoms with Crippen molar-refractivity contribution in [2.24, 2.45) is 0 Å². The average molecular weight is 395 g/mol. The van der Waals surface area contributed by atoms with Gasteiger partial charge >= 0.3 is 5.97 Å². The smallest absolute Gasteiger partial charge is 0.305 e. The second kappa shape index (κ2) is 8.59. The summed E-state index contributed by atoms with van der Waals surface area (Å²) in [6.07, 6.45) is 0.0562. The van der Waals surface area contributed by atoms with Crippen molar-refractivity contribution < 1.29 is 28.5 Å². The maximum Gasteiger partial charge on any atom is 0.305 e. The largest absolute Gasteiger partial charge is 0.490 e. The molecule has 0 saturated carbocycles. The highest BCUT2D eigenvalue weighted by atomic mass is 35.5. The van der Waals surface area contributed by atoms with Crippen LogP contribution in [0.2, 0.25) is 5.02 Å². The quantitative estimate of drug-likeness (QED) is 0.744. The third-order valence-electron chi connectivity index (χ3n) is 4.46. The molecule has 0 aromatic heterocycles. The van der Waals surface area contributed by atoms with Gasteiger partial charge in [0.1, 0.15) is 30.0 Å². The molecule has 144 valence electrons. The van der Waals surface area contributed by atoms with Crippen LogP contribution in [0.3, 0.4) is 0 Å². The van der Waals surface area contributed by atoms with E-state index in [1.54, 1.807) is 24.3 Å². The first-order valence-electron chi connectivity index (χ1n) is 8.59. The van der Waals surface area contributed by atoms with Crippen molar-refractivity contribution in [1.82, 2.24) is 0 Å². The van der Waals surface area contributed by atoms with Crippen LogP contribution in [-0.4, -0.2) is 24.3 Å². The number of benzene rings is 2. The lowest BCUT2D eigenvalue weighted by atomic mass is 9.96. The Labute approximate surface area is 161 Å². The molecular formula is C20H20ClFO5. The Kier molecular flexibility index (Phi) is 6.19. The van der Waals surface area contributed by atoms with Gasteiger partial charge < -0.3 is 19.3 Å². The van der Waals surface area contributed by atoms with Crippen molar-refractivity contribution in [1.29, 1.82) is 0 Å². The Balaban J connectivity index is 1.67. The Morgan fingerprint density at radius 3 is 2.93 bits per heavy atom. The van der Waals surface area contributed by atoms with Crippen molar-refractivity contribution in [3.8, 4) is 11.5 Å². The van der Waals surface area contributed by atoms with Crippen LogP contribution in [0.15, 0.2) is 36.4 Å². The fourth-order valence-corrected chi connectivity index (χ4v) is 3.19. The van der Waals surface area contributed by atoms with E-state index in [1.165, 1.54) is 19.2 Å². The van der Waals surface area contributed by atoms with E-state index in [4.69, 9.17) is 21.1 Å². The minimum absolute atomic E-state index is 0.0248. The molecule has 3 rings (SSSR count). The summed E-state index contributed by atoms with van der Waals surface area (Å²) in [7, 11) is 1.34. The van der Waals surface area contributed by atoms with Crippen LogP contribution >= 0.6 is 11.6 Å². The second-order valence-electron chi connectivity index (χ2n) is 6.29. The van der Waals surface area contributed by atoms with Crippen LogP contribution < -0.4 is 9.47 Å². The predicted octanol–water partition coefficient (Wildman–Crippen LogP) is 4.20. The van der Waals surface area contributed by atoms with Gasteiger partial charge in [-0.25, -0.2) is 4.39 Å². The molecule has 0 aliphatic carbocycles. The van der Waals surface area contributed by atoms with E-state index in [0.29, 0.717) is 34.9 Å². The number of rotatable bonds is 6. The number of carbonyl (C=O) groups excluding carboxylic acids is 1. The molecule has 1 aliphatic rings. The molecule has 2 aromatic rings.